The van der Waals surface area contributed by atoms with E-state index in [4.69, 9.17) is 10.2 Å². The van der Waals surface area contributed by atoms with Gasteiger partial charge in [0.1, 0.15) is 0 Å². The van der Waals surface area contributed by atoms with E-state index in [0.29, 0.717) is 13.1 Å². The monoisotopic (exact) mass is 245 g/mol. The second kappa shape index (κ2) is 12.3. The zero-order valence-electron chi connectivity index (χ0n) is 11.7. The molecular formula is C14H31NO2. The maximum absolute atomic E-state index is 9.00. The Morgan fingerprint density at radius 1 is 0.882 bits per heavy atom. The molecule has 0 aromatic heterocycles. The number of nitrogens with zero attached hydrogens (tertiary/aromatic N) is 1. The van der Waals surface area contributed by atoms with Crippen molar-refractivity contribution in [2.24, 2.45) is 5.92 Å². The highest BCUT2D eigenvalue weighted by atomic mass is 16.3. The van der Waals surface area contributed by atoms with Gasteiger partial charge in [0.05, 0.1) is 13.2 Å². The number of hydrogen-bond acceptors (Lipinski definition) is 3. The molecular weight excluding hydrogens is 214 g/mol. The molecule has 2 N–H and O–H groups in total. The minimum atomic E-state index is 0.188. The molecule has 0 bridgehead atoms. The van der Waals surface area contributed by atoms with Crippen LogP contribution in [-0.2, 0) is 0 Å². The number of rotatable bonds is 12. The zero-order chi connectivity index (χ0) is 12.9. The van der Waals surface area contributed by atoms with Crippen molar-refractivity contribution in [1.29, 1.82) is 0 Å². The minimum absolute atomic E-state index is 0.188. The van der Waals surface area contributed by atoms with E-state index in [-0.39, 0.29) is 13.2 Å². The molecule has 0 aliphatic carbocycles. The molecule has 0 aromatic rings. The van der Waals surface area contributed by atoms with Crippen LogP contribution in [0.25, 0.3) is 0 Å². The summed E-state index contributed by atoms with van der Waals surface area (Å²) in [4.78, 5) is 2.19. The first kappa shape index (κ1) is 16.9. The van der Waals surface area contributed by atoms with Crippen LogP contribution in [0.5, 0.6) is 0 Å². The second-order valence-electron chi connectivity index (χ2n) is 4.90. The summed E-state index contributed by atoms with van der Waals surface area (Å²) < 4.78 is 0. The van der Waals surface area contributed by atoms with Crippen LogP contribution in [0.3, 0.4) is 0 Å². The van der Waals surface area contributed by atoms with Crippen molar-refractivity contribution in [1.82, 2.24) is 4.90 Å². The molecule has 0 rings (SSSR count). The average Bonchev–Trinajstić information content (AvgIpc) is 2.30. The largest absolute Gasteiger partial charge is 0.395 e. The summed E-state index contributed by atoms with van der Waals surface area (Å²) in [5, 5.41) is 18.0. The molecule has 0 spiro atoms. The number of unbranched alkanes of at least 4 members (excludes halogenated alkanes) is 2. The standard InChI is InChI=1S/C14H31NO2/c1-3-5-6-8-14(7-4-2)13-15(9-11-16)10-12-17/h14,16-17H,3-13H2,1-2H3. The van der Waals surface area contributed by atoms with Gasteiger partial charge in [0.2, 0.25) is 0 Å². The molecule has 0 fully saturated rings. The summed E-state index contributed by atoms with van der Waals surface area (Å²) in [6.45, 7) is 7.25. The third-order valence-electron chi connectivity index (χ3n) is 3.26. The normalized spacial score (nSPS) is 13.2. The highest BCUT2D eigenvalue weighted by Gasteiger charge is 2.12. The molecule has 1 atom stereocenters. The van der Waals surface area contributed by atoms with Crippen molar-refractivity contribution >= 4 is 0 Å². The number of hydrogen-bond donors (Lipinski definition) is 2. The highest BCUT2D eigenvalue weighted by molar-refractivity contribution is 4.66. The Labute approximate surface area is 107 Å². The van der Waals surface area contributed by atoms with E-state index in [1.54, 1.807) is 0 Å². The van der Waals surface area contributed by atoms with Crippen molar-refractivity contribution in [3.63, 3.8) is 0 Å². The molecule has 0 aromatic carbocycles. The summed E-state index contributed by atoms with van der Waals surface area (Å²) in [6, 6.07) is 0. The SMILES string of the molecule is CCCCCC(CCC)CN(CCO)CCO. The maximum Gasteiger partial charge on any atom is 0.0558 e. The Hall–Kier alpha value is -0.120. The Morgan fingerprint density at radius 3 is 2.00 bits per heavy atom. The molecule has 17 heavy (non-hydrogen) atoms. The van der Waals surface area contributed by atoms with Gasteiger partial charge >= 0.3 is 0 Å². The Balaban J connectivity index is 3.98. The molecule has 0 saturated carbocycles. The summed E-state index contributed by atoms with van der Waals surface area (Å²) >= 11 is 0. The van der Waals surface area contributed by atoms with Crippen LogP contribution < -0.4 is 0 Å². The molecule has 0 radical (unpaired) electrons. The van der Waals surface area contributed by atoms with Gasteiger partial charge in [-0.15, -0.1) is 0 Å². The molecule has 0 saturated heterocycles. The van der Waals surface area contributed by atoms with Crippen molar-refractivity contribution < 1.29 is 10.2 Å². The molecule has 0 aliphatic heterocycles. The quantitative estimate of drug-likeness (QED) is 0.518. The number of aliphatic hydroxyl groups is 2. The average molecular weight is 245 g/mol. The van der Waals surface area contributed by atoms with E-state index in [2.05, 4.69) is 18.7 Å². The highest BCUT2D eigenvalue weighted by Crippen LogP contribution is 2.17. The van der Waals surface area contributed by atoms with Crippen LogP contribution >= 0.6 is 0 Å². The fourth-order valence-corrected chi connectivity index (χ4v) is 2.36. The van der Waals surface area contributed by atoms with Gasteiger partial charge < -0.3 is 10.2 Å². The zero-order valence-corrected chi connectivity index (χ0v) is 11.7. The van der Waals surface area contributed by atoms with Gasteiger partial charge in [-0.1, -0.05) is 39.5 Å². The summed E-state index contributed by atoms with van der Waals surface area (Å²) in [5.74, 6) is 0.727. The first-order valence-electron chi connectivity index (χ1n) is 7.22. The van der Waals surface area contributed by atoms with Crippen LogP contribution in [0.1, 0.15) is 52.4 Å². The molecule has 0 aliphatic rings. The third kappa shape index (κ3) is 9.57. The predicted octanol–water partition coefficient (Wildman–Crippen LogP) is 2.27. The molecule has 3 heteroatoms. The van der Waals surface area contributed by atoms with E-state index in [0.717, 1.165) is 12.5 Å². The lowest BCUT2D eigenvalue weighted by Gasteiger charge is -2.26. The summed E-state index contributed by atoms with van der Waals surface area (Å²) in [7, 11) is 0. The molecule has 0 amide bonds. The lowest BCUT2D eigenvalue weighted by Crippen LogP contribution is -2.34. The Kier molecular flexibility index (Phi) is 12.3. The van der Waals surface area contributed by atoms with E-state index in [1.807, 2.05) is 0 Å². The Bertz CT molecular complexity index is 147. The van der Waals surface area contributed by atoms with Crippen LogP contribution in [0, 0.1) is 5.92 Å². The van der Waals surface area contributed by atoms with Crippen LogP contribution in [0.4, 0.5) is 0 Å². The lowest BCUT2D eigenvalue weighted by atomic mass is 9.96. The van der Waals surface area contributed by atoms with E-state index in [1.165, 1.54) is 38.5 Å². The molecule has 1 unspecified atom stereocenters. The first-order chi connectivity index (χ1) is 8.28. The summed E-state index contributed by atoms with van der Waals surface area (Å²) in [6.07, 6.45) is 7.68. The van der Waals surface area contributed by atoms with Gasteiger partial charge in [-0.25, -0.2) is 0 Å². The van der Waals surface area contributed by atoms with Crippen molar-refractivity contribution in [2.45, 2.75) is 52.4 Å². The van der Waals surface area contributed by atoms with Crippen molar-refractivity contribution in [2.75, 3.05) is 32.8 Å². The van der Waals surface area contributed by atoms with Gasteiger partial charge in [0.25, 0.3) is 0 Å². The summed E-state index contributed by atoms with van der Waals surface area (Å²) in [5.41, 5.74) is 0. The van der Waals surface area contributed by atoms with Crippen LogP contribution in [-0.4, -0.2) is 48.0 Å². The lowest BCUT2D eigenvalue weighted by molar-refractivity contribution is 0.139. The predicted molar refractivity (Wildman–Crippen MR) is 73.2 cm³/mol. The molecule has 3 nitrogen and oxygen atoms in total. The smallest absolute Gasteiger partial charge is 0.0558 e. The van der Waals surface area contributed by atoms with Crippen molar-refractivity contribution in [3.05, 3.63) is 0 Å². The van der Waals surface area contributed by atoms with Crippen LogP contribution in [0.15, 0.2) is 0 Å². The topological polar surface area (TPSA) is 43.7 Å². The minimum Gasteiger partial charge on any atom is -0.395 e. The van der Waals surface area contributed by atoms with Crippen molar-refractivity contribution in [3.8, 4) is 0 Å². The fourth-order valence-electron chi connectivity index (χ4n) is 2.36. The van der Waals surface area contributed by atoms with E-state index < -0.39 is 0 Å². The fraction of sp³-hybridized carbons (Fsp3) is 1.00. The van der Waals surface area contributed by atoms with Gasteiger partial charge in [-0.2, -0.15) is 0 Å². The third-order valence-corrected chi connectivity index (χ3v) is 3.26. The van der Waals surface area contributed by atoms with Crippen LogP contribution in [0.2, 0.25) is 0 Å². The molecule has 0 heterocycles. The van der Waals surface area contributed by atoms with E-state index >= 15 is 0 Å². The van der Waals surface area contributed by atoms with Gasteiger partial charge in [-0.3, -0.25) is 4.90 Å². The van der Waals surface area contributed by atoms with E-state index in [9.17, 15) is 0 Å². The first-order valence-corrected chi connectivity index (χ1v) is 7.22. The van der Waals surface area contributed by atoms with Gasteiger partial charge in [-0.05, 0) is 18.8 Å². The Morgan fingerprint density at radius 2 is 1.53 bits per heavy atom. The molecule has 104 valence electrons. The maximum atomic E-state index is 9.00. The van der Waals surface area contributed by atoms with Gasteiger partial charge in [0.15, 0.2) is 0 Å². The second-order valence-corrected chi connectivity index (χ2v) is 4.90. The van der Waals surface area contributed by atoms with Gasteiger partial charge in [0, 0.05) is 19.6 Å². The number of aliphatic hydroxyl groups excluding tert-OH is 2.